The van der Waals surface area contributed by atoms with Gasteiger partial charge >= 0.3 is 5.97 Å². The maximum Gasteiger partial charge on any atom is 0.329 e. The second kappa shape index (κ2) is 25.9. The molecule has 69 heavy (non-hydrogen) atoms. The van der Waals surface area contributed by atoms with Gasteiger partial charge in [-0.15, -0.1) is 5.10 Å². The van der Waals surface area contributed by atoms with Crippen molar-refractivity contribution in [1.29, 1.82) is 0 Å². The van der Waals surface area contributed by atoms with Crippen LogP contribution in [-0.4, -0.2) is 136 Å². The summed E-state index contributed by atoms with van der Waals surface area (Å²) in [6.07, 6.45) is 14.7. The molecule has 1 amide bonds. The highest BCUT2D eigenvalue weighted by Crippen LogP contribution is 2.40. The second-order valence-corrected chi connectivity index (χ2v) is 21.3. The van der Waals surface area contributed by atoms with Gasteiger partial charge in [0.05, 0.1) is 30.5 Å². The van der Waals surface area contributed by atoms with Gasteiger partial charge in [0.2, 0.25) is 0 Å². The summed E-state index contributed by atoms with van der Waals surface area (Å²) in [5.74, 6) is -4.18. The SMILES string of the molecule is CO[C@H]1C[C@@H]2CC[C@@H](C)[C@@](C)(O2)C(=O)C(=O)N2CCCC[C@H]2C(=O)O[C@H]([C@H](C)C[C@@H]2CC[C@H](n3cnnn3)[C@H](OC)C2)CC(=O)[C@H](C)CC(C)[C@@H](O)[C@@H](OC)C(=O)[C@H](C)C[C@H](C)C=CC=CC=C1C. The zero-order valence-electron chi connectivity index (χ0n) is 43.3. The van der Waals surface area contributed by atoms with Crippen LogP contribution in [0.25, 0.3) is 0 Å². The van der Waals surface area contributed by atoms with Gasteiger partial charge < -0.3 is 33.7 Å². The number of aliphatic hydroxyl groups is 1. The Morgan fingerprint density at radius 1 is 0.870 bits per heavy atom. The Labute approximate surface area is 410 Å². The number of Topliss-reactive ketones (excluding diaryl/α,β-unsaturated/α-hetero) is 3. The summed E-state index contributed by atoms with van der Waals surface area (Å²) in [4.78, 5) is 73.1. The van der Waals surface area contributed by atoms with Crippen molar-refractivity contribution >= 4 is 29.2 Å². The third-order valence-electron chi connectivity index (χ3n) is 16.0. The Morgan fingerprint density at radius 3 is 2.30 bits per heavy atom. The van der Waals surface area contributed by atoms with Gasteiger partial charge in [-0.3, -0.25) is 19.2 Å². The van der Waals surface area contributed by atoms with Crippen LogP contribution in [0.4, 0.5) is 0 Å². The van der Waals surface area contributed by atoms with Gasteiger partial charge in [0.25, 0.3) is 11.7 Å². The van der Waals surface area contributed by atoms with Gasteiger partial charge in [-0.1, -0.05) is 71.9 Å². The molecule has 0 spiro atoms. The molecule has 3 aliphatic heterocycles. The van der Waals surface area contributed by atoms with E-state index in [0.29, 0.717) is 57.8 Å². The van der Waals surface area contributed by atoms with Gasteiger partial charge in [-0.25, -0.2) is 9.48 Å². The minimum Gasteiger partial charge on any atom is -0.460 e. The lowest BCUT2D eigenvalue weighted by Gasteiger charge is -2.44. The lowest BCUT2D eigenvalue weighted by Crippen LogP contribution is -2.59. The fourth-order valence-electron chi connectivity index (χ4n) is 11.3. The number of carbonyl (C=O) groups is 5. The van der Waals surface area contributed by atoms with Crippen LogP contribution in [0.3, 0.4) is 0 Å². The number of piperidine rings is 1. The van der Waals surface area contributed by atoms with E-state index in [2.05, 4.69) is 15.5 Å². The summed E-state index contributed by atoms with van der Waals surface area (Å²) in [5, 5.41) is 23.3. The number of rotatable bonds is 7. The highest BCUT2D eigenvalue weighted by Gasteiger charge is 2.51. The highest BCUT2D eigenvalue weighted by molar-refractivity contribution is 6.39. The topological polar surface area (TPSA) is 199 Å². The first kappa shape index (κ1) is 56.0. The first-order chi connectivity index (χ1) is 32.8. The molecule has 16 nitrogen and oxygen atoms in total. The molecule has 1 aliphatic carbocycles. The molecule has 2 saturated heterocycles. The van der Waals surface area contributed by atoms with Crippen molar-refractivity contribution in [3.05, 3.63) is 42.3 Å². The van der Waals surface area contributed by atoms with Crippen LogP contribution < -0.4 is 0 Å². The Kier molecular flexibility index (Phi) is 21.0. The molecule has 0 radical (unpaired) electrons. The molecule has 1 unspecified atom stereocenters. The van der Waals surface area contributed by atoms with E-state index in [1.165, 1.54) is 12.0 Å². The van der Waals surface area contributed by atoms with Crippen molar-refractivity contribution in [3.63, 3.8) is 0 Å². The summed E-state index contributed by atoms with van der Waals surface area (Å²) in [5.41, 5.74) is -0.460. The number of hydrogen-bond donors (Lipinski definition) is 1. The Balaban J connectivity index is 1.44. The van der Waals surface area contributed by atoms with Crippen molar-refractivity contribution in [3.8, 4) is 0 Å². The number of amides is 1. The standard InChI is InChI=1S/C53H83N5O11/c1-32-17-13-12-14-18-33(2)44(65-9)29-40-22-20-38(7)53(8,69-40)50(62)51(63)57-24-16-15-19-42(57)52(64)68-45(35(4)27-39-21-23-41(46(28-39)66-10)58-31-54-55-56-58)30-43(59)34(3)26-37(6)48(61)49(67-11)47(60)36(5)25-32/h12-14,17-18,31-32,34-42,44-46,48-49,61H,15-16,19-30H2,1-11H3/t32-,34-,35-,36-,37?,38-,39+,40+,41+,42+,44+,45+,46-,48-,49+,53-/m1/s1. The molecule has 1 saturated carbocycles. The number of ketones is 3. The molecule has 4 heterocycles. The quantitative estimate of drug-likeness (QED) is 0.213. The van der Waals surface area contributed by atoms with Gasteiger partial charge in [0.15, 0.2) is 5.78 Å². The van der Waals surface area contributed by atoms with Gasteiger partial charge in [0, 0.05) is 52.6 Å². The molecule has 16 heteroatoms. The number of carbonyl (C=O) groups excluding carboxylic acids is 5. The lowest BCUT2D eigenvalue weighted by atomic mass is 9.77. The van der Waals surface area contributed by atoms with Crippen molar-refractivity contribution in [2.75, 3.05) is 27.9 Å². The van der Waals surface area contributed by atoms with Crippen LogP contribution in [0.2, 0.25) is 0 Å². The van der Waals surface area contributed by atoms with Crippen LogP contribution in [0.1, 0.15) is 145 Å². The van der Waals surface area contributed by atoms with Crippen molar-refractivity contribution < 1.29 is 52.8 Å². The summed E-state index contributed by atoms with van der Waals surface area (Å²) >= 11 is 0. The largest absolute Gasteiger partial charge is 0.460 e. The Hall–Kier alpha value is -3.96. The molecule has 1 aromatic heterocycles. The van der Waals surface area contributed by atoms with E-state index in [0.717, 1.165) is 18.4 Å². The minimum absolute atomic E-state index is 0.0275. The zero-order chi connectivity index (χ0) is 50.6. The van der Waals surface area contributed by atoms with Crippen LogP contribution in [0, 0.1) is 41.4 Å². The van der Waals surface area contributed by atoms with Crippen LogP contribution in [-0.2, 0) is 47.7 Å². The number of cyclic esters (lactones) is 1. The van der Waals surface area contributed by atoms with Gasteiger partial charge in [-0.05, 0) is 130 Å². The summed E-state index contributed by atoms with van der Waals surface area (Å²) < 4.78 is 32.3. The zero-order valence-corrected chi connectivity index (χ0v) is 43.3. The maximum absolute atomic E-state index is 14.6. The van der Waals surface area contributed by atoms with Crippen LogP contribution >= 0.6 is 0 Å². The Bertz CT molecular complexity index is 1960. The van der Waals surface area contributed by atoms with E-state index in [4.69, 9.17) is 23.7 Å². The number of methoxy groups -OCH3 is 3. The van der Waals surface area contributed by atoms with Crippen LogP contribution in [0.15, 0.2) is 42.3 Å². The average molecular weight is 966 g/mol. The number of tetrazole rings is 1. The molecule has 16 atom stereocenters. The van der Waals surface area contributed by atoms with E-state index in [1.54, 1.807) is 39.1 Å². The predicted molar refractivity (Wildman–Crippen MR) is 259 cm³/mol. The fourth-order valence-corrected chi connectivity index (χ4v) is 11.3. The fraction of sp³-hybridized carbons (Fsp3) is 0.774. The molecule has 1 aromatic rings. The molecular formula is C53H83N5O11. The number of nitrogens with zero attached hydrogens (tertiary/aromatic N) is 5. The van der Waals surface area contributed by atoms with Crippen LogP contribution in [0.5, 0.6) is 0 Å². The lowest BCUT2D eigenvalue weighted by molar-refractivity contribution is -0.184. The van der Waals surface area contributed by atoms with E-state index in [-0.39, 0.29) is 79.0 Å². The number of ether oxygens (including phenoxy) is 5. The third-order valence-corrected chi connectivity index (χ3v) is 16.0. The molecule has 3 fully saturated rings. The summed E-state index contributed by atoms with van der Waals surface area (Å²) in [6, 6.07) is -1.05. The molecular weight excluding hydrogens is 883 g/mol. The molecule has 0 aromatic carbocycles. The van der Waals surface area contributed by atoms with Crippen molar-refractivity contribution in [1.82, 2.24) is 25.1 Å². The molecule has 5 rings (SSSR count). The van der Waals surface area contributed by atoms with E-state index in [1.807, 2.05) is 71.9 Å². The normalized spacial score (nSPS) is 37.5. The molecule has 4 aliphatic rings. The summed E-state index contributed by atoms with van der Waals surface area (Å²) in [6.45, 7) is 15.3. The highest BCUT2D eigenvalue weighted by atomic mass is 16.5. The number of hydrogen-bond acceptors (Lipinski definition) is 14. The second-order valence-electron chi connectivity index (χ2n) is 21.3. The van der Waals surface area contributed by atoms with Crippen molar-refractivity contribution in [2.45, 2.75) is 193 Å². The van der Waals surface area contributed by atoms with Gasteiger partial charge in [0.1, 0.15) is 36.0 Å². The third kappa shape index (κ3) is 14.4. The number of aliphatic hydroxyl groups excluding tert-OH is 1. The first-order valence-corrected chi connectivity index (χ1v) is 25.6. The number of aromatic nitrogens is 4. The van der Waals surface area contributed by atoms with E-state index in [9.17, 15) is 29.1 Å². The monoisotopic (exact) mass is 966 g/mol. The van der Waals surface area contributed by atoms with E-state index >= 15 is 0 Å². The minimum atomic E-state index is -1.43. The van der Waals surface area contributed by atoms with Crippen molar-refractivity contribution in [2.24, 2.45) is 41.4 Å². The molecule has 2 bridgehead atoms. The first-order valence-electron chi connectivity index (χ1n) is 25.6. The summed E-state index contributed by atoms with van der Waals surface area (Å²) in [7, 11) is 4.75. The van der Waals surface area contributed by atoms with E-state index < -0.39 is 65.4 Å². The molecule has 386 valence electrons. The van der Waals surface area contributed by atoms with Gasteiger partial charge in [-0.2, -0.15) is 0 Å². The smallest absolute Gasteiger partial charge is 0.329 e. The average Bonchev–Trinajstić information content (AvgIpc) is 3.88. The maximum atomic E-state index is 14.6. The predicted octanol–water partition coefficient (Wildman–Crippen LogP) is 7.20. The molecule has 1 N–H and O–H groups in total. The number of esters is 1. The number of allylic oxidation sites excluding steroid dienone is 5. The Morgan fingerprint density at radius 2 is 1.62 bits per heavy atom. The number of fused-ring (bicyclic) bond motifs is 3.